The van der Waals surface area contributed by atoms with E-state index in [1.807, 2.05) is 0 Å². The maximum absolute atomic E-state index is 10.6. The maximum atomic E-state index is 10.6. The quantitative estimate of drug-likeness (QED) is 0.524. The average Bonchev–Trinajstić information content (AvgIpc) is 3.07. The molecule has 0 N–H and O–H groups in total. The second-order valence-electron chi connectivity index (χ2n) is 4.01. The first kappa shape index (κ1) is 12.0. The number of nitro groups is 1. The fourth-order valence-corrected chi connectivity index (χ4v) is 1.71. The van der Waals surface area contributed by atoms with E-state index in [0.29, 0.717) is 23.0 Å². The minimum atomic E-state index is -0.465. The van der Waals surface area contributed by atoms with Crippen molar-refractivity contribution in [1.82, 2.24) is 25.4 Å². The molecule has 0 bridgehead atoms. The summed E-state index contributed by atoms with van der Waals surface area (Å²) in [6.07, 6.45) is 0. The predicted molar refractivity (Wildman–Crippen MR) is 66.0 cm³/mol. The van der Waals surface area contributed by atoms with Gasteiger partial charge in [0.2, 0.25) is 5.82 Å². The topological polar surface area (TPSA) is 113 Å². The summed E-state index contributed by atoms with van der Waals surface area (Å²) < 4.78 is 6.37. The SMILES string of the molecule is Cc1cc(-n2nnnc2-c2ccc([N+](=O)[O-])cc2)no1. The van der Waals surface area contributed by atoms with E-state index in [1.165, 1.54) is 16.8 Å². The normalized spacial score (nSPS) is 10.7. The Bertz CT molecular complexity index is 761. The van der Waals surface area contributed by atoms with Crippen LogP contribution in [0.3, 0.4) is 0 Å². The van der Waals surface area contributed by atoms with Crippen molar-refractivity contribution < 1.29 is 9.45 Å². The molecule has 9 nitrogen and oxygen atoms in total. The van der Waals surface area contributed by atoms with Crippen LogP contribution in [0.1, 0.15) is 5.76 Å². The Morgan fingerprint density at radius 2 is 2.05 bits per heavy atom. The van der Waals surface area contributed by atoms with E-state index in [1.54, 1.807) is 25.1 Å². The lowest BCUT2D eigenvalue weighted by Gasteiger charge is -2.00. The zero-order valence-corrected chi connectivity index (χ0v) is 10.3. The number of non-ortho nitro benzene ring substituents is 1. The molecule has 0 aliphatic carbocycles. The minimum Gasteiger partial charge on any atom is -0.359 e. The van der Waals surface area contributed by atoms with Gasteiger partial charge < -0.3 is 4.52 Å². The highest BCUT2D eigenvalue weighted by molar-refractivity contribution is 5.58. The van der Waals surface area contributed by atoms with Crippen molar-refractivity contribution in [2.75, 3.05) is 0 Å². The fraction of sp³-hybridized carbons (Fsp3) is 0.0909. The van der Waals surface area contributed by atoms with Gasteiger partial charge in [-0.25, -0.2) is 0 Å². The molecular weight excluding hydrogens is 264 g/mol. The smallest absolute Gasteiger partial charge is 0.269 e. The Labute approximate surface area is 112 Å². The Morgan fingerprint density at radius 1 is 1.30 bits per heavy atom. The van der Waals surface area contributed by atoms with E-state index in [0.717, 1.165) is 0 Å². The van der Waals surface area contributed by atoms with Gasteiger partial charge in [0.1, 0.15) is 5.76 Å². The van der Waals surface area contributed by atoms with Gasteiger partial charge in [-0.1, -0.05) is 5.16 Å². The summed E-state index contributed by atoms with van der Waals surface area (Å²) >= 11 is 0. The summed E-state index contributed by atoms with van der Waals surface area (Å²) in [5, 5.41) is 25.8. The first-order valence-electron chi connectivity index (χ1n) is 5.62. The Balaban J connectivity index is 2.03. The van der Waals surface area contributed by atoms with Crippen LogP contribution in [0.25, 0.3) is 17.2 Å². The molecule has 3 aromatic rings. The molecule has 1 aromatic carbocycles. The number of hydrogen-bond acceptors (Lipinski definition) is 7. The zero-order valence-electron chi connectivity index (χ0n) is 10.3. The molecule has 3 rings (SSSR count). The number of aromatic nitrogens is 5. The highest BCUT2D eigenvalue weighted by Gasteiger charge is 2.15. The van der Waals surface area contributed by atoms with E-state index >= 15 is 0 Å². The molecule has 0 aliphatic rings. The Morgan fingerprint density at radius 3 is 2.65 bits per heavy atom. The number of tetrazole rings is 1. The van der Waals surface area contributed by atoms with Crippen molar-refractivity contribution in [3.05, 3.63) is 46.2 Å². The van der Waals surface area contributed by atoms with Crippen LogP contribution in [-0.4, -0.2) is 30.3 Å². The molecule has 0 spiro atoms. The van der Waals surface area contributed by atoms with Crippen LogP contribution in [-0.2, 0) is 0 Å². The van der Waals surface area contributed by atoms with Gasteiger partial charge in [-0.15, -0.1) is 5.10 Å². The molecule has 9 heteroatoms. The Kier molecular flexibility index (Phi) is 2.71. The third-order valence-electron chi connectivity index (χ3n) is 2.64. The largest absolute Gasteiger partial charge is 0.359 e. The van der Waals surface area contributed by atoms with Crippen molar-refractivity contribution in [1.29, 1.82) is 0 Å². The number of nitro benzene ring substituents is 1. The second kappa shape index (κ2) is 4.53. The number of benzene rings is 1. The molecule has 0 fully saturated rings. The third-order valence-corrected chi connectivity index (χ3v) is 2.64. The highest BCUT2D eigenvalue weighted by Crippen LogP contribution is 2.21. The number of rotatable bonds is 3. The molecule has 2 aromatic heterocycles. The fourth-order valence-electron chi connectivity index (χ4n) is 1.71. The molecule has 0 amide bonds. The van der Waals surface area contributed by atoms with Crippen LogP contribution in [0.2, 0.25) is 0 Å². The summed E-state index contributed by atoms with van der Waals surface area (Å²) in [6, 6.07) is 7.62. The van der Waals surface area contributed by atoms with Crippen LogP contribution >= 0.6 is 0 Å². The van der Waals surface area contributed by atoms with Gasteiger partial charge in [0, 0.05) is 23.8 Å². The van der Waals surface area contributed by atoms with Gasteiger partial charge in [0.05, 0.1) is 4.92 Å². The summed E-state index contributed by atoms with van der Waals surface area (Å²) in [5.41, 5.74) is 0.645. The van der Waals surface area contributed by atoms with E-state index in [-0.39, 0.29) is 5.69 Å². The van der Waals surface area contributed by atoms with Gasteiger partial charge in [0.15, 0.2) is 5.82 Å². The third kappa shape index (κ3) is 2.00. The van der Waals surface area contributed by atoms with Crippen molar-refractivity contribution in [3.8, 4) is 17.2 Å². The van der Waals surface area contributed by atoms with Crippen molar-refractivity contribution in [3.63, 3.8) is 0 Å². The van der Waals surface area contributed by atoms with Crippen molar-refractivity contribution in [2.24, 2.45) is 0 Å². The van der Waals surface area contributed by atoms with Crippen LogP contribution in [0.4, 0.5) is 5.69 Å². The first-order chi connectivity index (χ1) is 9.65. The number of aryl methyl sites for hydroxylation is 1. The molecule has 2 heterocycles. The molecule has 0 saturated carbocycles. The molecule has 0 aliphatic heterocycles. The maximum Gasteiger partial charge on any atom is 0.269 e. The minimum absolute atomic E-state index is 0.00468. The van der Waals surface area contributed by atoms with Crippen molar-refractivity contribution in [2.45, 2.75) is 6.92 Å². The van der Waals surface area contributed by atoms with Gasteiger partial charge in [0.25, 0.3) is 5.69 Å². The monoisotopic (exact) mass is 272 g/mol. The van der Waals surface area contributed by atoms with Crippen LogP contribution in [0.5, 0.6) is 0 Å². The molecule has 0 atom stereocenters. The van der Waals surface area contributed by atoms with Crippen LogP contribution in [0.15, 0.2) is 34.9 Å². The summed E-state index contributed by atoms with van der Waals surface area (Å²) in [7, 11) is 0. The molecule has 0 saturated heterocycles. The summed E-state index contributed by atoms with van der Waals surface area (Å²) in [6.45, 7) is 1.76. The number of nitrogens with zero attached hydrogens (tertiary/aromatic N) is 6. The van der Waals surface area contributed by atoms with Crippen LogP contribution < -0.4 is 0 Å². The van der Waals surface area contributed by atoms with Crippen molar-refractivity contribution >= 4 is 5.69 Å². The summed E-state index contributed by atoms with van der Waals surface area (Å²) in [5.74, 6) is 1.50. The standard InChI is InChI=1S/C11H8N6O3/c1-7-6-10(13-20-7)16-11(12-14-15-16)8-2-4-9(5-3-8)17(18)19/h2-6H,1H3. The van der Waals surface area contributed by atoms with E-state index in [9.17, 15) is 10.1 Å². The highest BCUT2D eigenvalue weighted by atomic mass is 16.6. The predicted octanol–water partition coefficient (Wildman–Crippen LogP) is 1.53. The molecule has 0 unspecified atom stereocenters. The molecule has 20 heavy (non-hydrogen) atoms. The van der Waals surface area contributed by atoms with Gasteiger partial charge in [-0.3, -0.25) is 10.1 Å². The first-order valence-corrected chi connectivity index (χ1v) is 5.62. The average molecular weight is 272 g/mol. The molecule has 100 valence electrons. The van der Waals surface area contributed by atoms with E-state index < -0.39 is 4.92 Å². The molecular formula is C11H8N6O3. The van der Waals surface area contributed by atoms with Gasteiger partial charge in [-0.2, -0.15) is 4.68 Å². The van der Waals surface area contributed by atoms with Crippen LogP contribution in [0, 0.1) is 17.0 Å². The van der Waals surface area contributed by atoms with E-state index in [2.05, 4.69) is 20.7 Å². The molecule has 0 radical (unpaired) electrons. The second-order valence-corrected chi connectivity index (χ2v) is 4.01. The Hall–Kier alpha value is -3.10. The van der Waals surface area contributed by atoms with Gasteiger partial charge in [-0.05, 0) is 29.5 Å². The van der Waals surface area contributed by atoms with E-state index in [4.69, 9.17) is 4.52 Å². The lowest BCUT2D eigenvalue weighted by atomic mass is 10.2. The summed E-state index contributed by atoms with van der Waals surface area (Å²) in [4.78, 5) is 10.2. The zero-order chi connectivity index (χ0) is 14.1. The lowest BCUT2D eigenvalue weighted by molar-refractivity contribution is -0.384. The lowest BCUT2D eigenvalue weighted by Crippen LogP contribution is -2.00. The number of hydrogen-bond donors (Lipinski definition) is 0. The van der Waals surface area contributed by atoms with Gasteiger partial charge >= 0.3 is 0 Å².